The number of benzene rings is 1. The number of hydrogen-bond acceptors (Lipinski definition) is 5. The summed E-state index contributed by atoms with van der Waals surface area (Å²) >= 11 is 0. The molecule has 0 unspecified atom stereocenters. The number of nitriles is 1. The van der Waals surface area contributed by atoms with Crippen LogP contribution >= 0.6 is 0 Å². The van der Waals surface area contributed by atoms with Crippen LogP contribution in [0.2, 0.25) is 0 Å². The molecule has 0 aliphatic carbocycles. The van der Waals surface area contributed by atoms with Crippen LogP contribution in [0.15, 0.2) is 46.6 Å². The molecular formula is C15H11N3O4. The fourth-order valence-corrected chi connectivity index (χ4v) is 1.75. The van der Waals surface area contributed by atoms with Gasteiger partial charge in [-0.05, 0) is 30.7 Å². The normalized spacial score (nSPS) is 10.8. The van der Waals surface area contributed by atoms with E-state index in [1.54, 1.807) is 31.2 Å². The lowest BCUT2D eigenvalue weighted by Crippen LogP contribution is -2.14. The van der Waals surface area contributed by atoms with Gasteiger partial charge in [0.05, 0.1) is 11.2 Å². The van der Waals surface area contributed by atoms with Gasteiger partial charge in [-0.2, -0.15) is 5.26 Å². The van der Waals surface area contributed by atoms with Crippen LogP contribution in [0.3, 0.4) is 0 Å². The van der Waals surface area contributed by atoms with Gasteiger partial charge in [0.1, 0.15) is 23.1 Å². The highest BCUT2D eigenvalue weighted by Crippen LogP contribution is 2.25. The average Bonchev–Trinajstić information content (AvgIpc) is 2.99. The van der Waals surface area contributed by atoms with E-state index >= 15 is 0 Å². The van der Waals surface area contributed by atoms with Gasteiger partial charge in [0.2, 0.25) is 0 Å². The highest BCUT2D eigenvalue weighted by atomic mass is 16.6. The number of furan rings is 1. The molecule has 0 radical (unpaired) electrons. The first-order valence-electron chi connectivity index (χ1n) is 6.23. The van der Waals surface area contributed by atoms with E-state index in [9.17, 15) is 14.9 Å². The summed E-state index contributed by atoms with van der Waals surface area (Å²) < 4.78 is 5.03. The first-order chi connectivity index (χ1) is 10.5. The van der Waals surface area contributed by atoms with Gasteiger partial charge in [0, 0.05) is 12.1 Å². The fourth-order valence-electron chi connectivity index (χ4n) is 1.75. The summed E-state index contributed by atoms with van der Waals surface area (Å²) in [4.78, 5) is 22.5. The maximum absolute atomic E-state index is 12.1. The van der Waals surface area contributed by atoms with Crippen molar-refractivity contribution in [2.75, 3.05) is 5.32 Å². The Labute approximate surface area is 125 Å². The maximum Gasteiger partial charge on any atom is 0.293 e. The Morgan fingerprint density at radius 3 is 2.82 bits per heavy atom. The molecule has 1 N–H and O–H groups in total. The second-order valence-electron chi connectivity index (χ2n) is 4.42. The molecule has 1 aromatic heterocycles. The standard InChI is InChI=1S/C15H11N3O4/c1-10-4-5-13(14(7-10)18(20)21)17-15(19)11(9-16)8-12-3-2-6-22-12/h2-8H,1H3,(H,17,19)/b11-8+. The number of amides is 1. The molecule has 2 rings (SSSR count). The van der Waals surface area contributed by atoms with Gasteiger partial charge < -0.3 is 9.73 Å². The first-order valence-corrected chi connectivity index (χ1v) is 6.23. The number of nitrogens with zero attached hydrogens (tertiary/aromatic N) is 2. The fraction of sp³-hybridized carbons (Fsp3) is 0.0667. The van der Waals surface area contributed by atoms with E-state index in [4.69, 9.17) is 9.68 Å². The van der Waals surface area contributed by atoms with Crippen LogP contribution in [0.4, 0.5) is 11.4 Å². The Bertz CT molecular complexity index is 786. The number of nitro benzene ring substituents is 1. The van der Waals surface area contributed by atoms with Crippen LogP contribution in [0.1, 0.15) is 11.3 Å². The summed E-state index contributed by atoms with van der Waals surface area (Å²) in [5.41, 5.74) is 0.269. The van der Waals surface area contributed by atoms with E-state index in [2.05, 4.69) is 5.32 Å². The first kappa shape index (κ1) is 15.0. The summed E-state index contributed by atoms with van der Waals surface area (Å²) in [7, 11) is 0. The highest BCUT2D eigenvalue weighted by Gasteiger charge is 2.18. The van der Waals surface area contributed by atoms with Crippen LogP contribution in [0.5, 0.6) is 0 Å². The molecule has 0 atom stereocenters. The third-order valence-corrected chi connectivity index (χ3v) is 2.79. The molecule has 7 nitrogen and oxygen atoms in total. The van der Waals surface area contributed by atoms with Crippen molar-refractivity contribution in [1.29, 1.82) is 5.26 Å². The van der Waals surface area contributed by atoms with Gasteiger partial charge >= 0.3 is 0 Å². The molecule has 0 aliphatic heterocycles. The molecule has 1 aromatic carbocycles. The Hall–Kier alpha value is -3.40. The van der Waals surface area contributed by atoms with E-state index < -0.39 is 10.8 Å². The molecular weight excluding hydrogens is 286 g/mol. The van der Waals surface area contributed by atoms with E-state index in [1.165, 1.54) is 24.5 Å². The Morgan fingerprint density at radius 1 is 1.45 bits per heavy atom. The molecule has 7 heteroatoms. The maximum atomic E-state index is 12.1. The number of nitrogens with one attached hydrogen (secondary N) is 1. The topological polar surface area (TPSA) is 109 Å². The largest absolute Gasteiger partial charge is 0.465 e. The summed E-state index contributed by atoms with van der Waals surface area (Å²) in [5.74, 6) is -0.407. The summed E-state index contributed by atoms with van der Waals surface area (Å²) in [6.45, 7) is 1.70. The molecule has 0 aliphatic rings. The molecule has 1 amide bonds. The smallest absolute Gasteiger partial charge is 0.293 e. The highest BCUT2D eigenvalue weighted by molar-refractivity contribution is 6.10. The lowest BCUT2D eigenvalue weighted by atomic mass is 10.1. The third kappa shape index (κ3) is 3.37. The van der Waals surface area contributed by atoms with Crippen molar-refractivity contribution in [2.24, 2.45) is 0 Å². The van der Waals surface area contributed by atoms with Gasteiger partial charge in [-0.1, -0.05) is 6.07 Å². The lowest BCUT2D eigenvalue weighted by Gasteiger charge is -2.05. The van der Waals surface area contributed by atoms with Crippen molar-refractivity contribution in [2.45, 2.75) is 6.92 Å². The van der Waals surface area contributed by atoms with Crippen molar-refractivity contribution in [3.8, 4) is 6.07 Å². The third-order valence-electron chi connectivity index (χ3n) is 2.79. The summed E-state index contributed by atoms with van der Waals surface area (Å²) in [6.07, 6.45) is 2.67. The Balaban J connectivity index is 2.29. The predicted molar refractivity (Wildman–Crippen MR) is 78.8 cm³/mol. The lowest BCUT2D eigenvalue weighted by molar-refractivity contribution is -0.384. The molecule has 0 fully saturated rings. The second-order valence-corrected chi connectivity index (χ2v) is 4.42. The number of carbonyl (C=O) groups excluding carboxylic acids is 1. The van der Waals surface area contributed by atoms with Crippen LogP contribution in [-0.2, 0) is 4.79 Å². The van der Waals surface area contributed by atoms with Gasteiger partial charge in [0.25, 0.3) is 11.6 Å². The van der Waals surface area contributed by atoms with Crippen LogP contribution in [0.25, 0.3) is 6.08 Å². The molecule has 22 heavy (non-hydrogen) atoms. The quantitative estimate of drug-likeness (QED) is 0.403. The molecule has 0 bridgehead atoms. The van der Waals surface area contributed by atoms with Gasteiger partial charge in [-0.3, -0.25) is 14.9 Å². The summed E-state index contributed by atoms with van der Waals surface area (Å²) in [6, 6.07) is 9.34. The number of aryl methyl sites for hydroxylation is 1. The van der Waals surface area contributed by atoms with Crippen LogP contribution in [-0.4, -0.2) is 10.8 Å². The SMILES string of the molecule is Cc1ccc(NC(=O)/C(C#N)=C/c2ccco2)c([N+](=O)[O-])c1. The zero-order valence-electron chi connectivity index (χ0n) is 11.6. The number of nitro groups is 1. The minimum Gasteiger partial charge on any atom is -0.465 e. The molecule has 0 spiro atoms. The number of carbonyl (C=O) groups is 1. The number of rotatable bonds is 4. The van der Waals surface area contributed by atoms with Crippen molar-refractivity contribution in [1.82, 2.24) is 0 Å². The van der Waals surface area contributed by atoms with E-state index in [0.29, 0.717) is 11.3 Å². The monoisotopic (exact) mass is 297 g/mol. The average molecular weight is 297 g/mol. The van der Waals surface area contributed by atoms with Crippen molar-refractivity contribution in [3.63, 3.8) is 0 Å². The van der Waals surface area contributed by atoms with Crippen molar-refractivity contribution in [3.05, 3.63) is 63.6 Å². The van der Waals surface area contributed by atoms with Crippen LogP contribution in [0, 0.1) is 28.4 Å². The van der Waals surface area contributed by atoms with Gasteiger partial charge in [-0.15, -0.1) is 0 Å². The predicted octanol–water partition coefficient (Wildman–Crippen LogP) is 3.04. The van der Waals surface area contributed by atoms with Crippen LogP contribution < -0.4 is 5.32 Å². The molecule has 0 saturated heterocycles. The van der Waals surface area contributed by atoms with E-state index in [0.717, 1.165) is 0 Å². The molecule has 110 valence electrons. The second kappa shape index (κ2) is 6.37. The van der Waals surface area contributed by atoms with Gasteiger partial charge in [0.15, 0.2) is 0 Å². The minimum atomic E-state index is -0.745. The summed E-state index contributed by atoms with van der Waals surface area (Å²) in [5, 5.41) is 22.4. The van der Waals surface area contributed by atoms with Crippen molar-refractivity contribution >= 4 is 23.4 Å². The van der Waals surface area contributed by atoms with E-state index in [1.807, 2.05) is 0 Å². The number of anilines is 1. The van der Waals surface area contributed by atoms with E-state index in [-0.39, 0.29) is 16.9 Å². The Morgan fingerprint density at radius 2 is 2.23 bits per heavy atom. The van der Waals surface area contributed by atoms with Crippen molar-refractivity contribution < 1.29 is 14.1 Å². The minimum absolute atomic E-state index is 0.0289. The number of hydrogen-bond donors (Lipinski definition) is 1. The molecule has 1 heterocycles. The zero-order chi connectivity index (χ0) is 16.1. The molecule has 2 aromatic rings. The Kier molecular flexibility index (Phi) is 4.34. The van der Waals surface area contributed by atoms with Gasteiger partial charge in [-0.25, -0.2) is 0 Å². The zero-order valence-corrected chi connectivity index (χ0v) is 11.6. The molecule has 0 saturated carbocycles.